The molecule has 0 bridgehead atoms. The van der Waals surface area contributed by atoms with Crippen LogP contribution in [0.5, 0.6) is 5.75 Å². The Bertz CT molecular complexity index is 449. The normalized spacial score (nSPS) is 12.2. The topological polar surface area (TPSA) is 90.4 Å². The highest BCUT2D eigenvalue weighted by Gasteiger charge is 2.14. The van der Waals surface area contributed by atoms with Gasteiger partial charge in [0.25, 0.3) is 5.69 Å². The van der Waals surface area contributed by atoms with Crippen molar-refractivity contribution in [3.8, 4) is 5.75 Å². The lowest BCUT2D eigenvalue weighted by Crippen LogP contribution is -2.30. The number of benzene rings is 1. The van der Waals surface area contributed by atoms with Gasteiger partial charge >= 0.3 is 0 Å². The first kappa shape index (κ1) is 16.2. The van der Waals surface area contributed by atoms with Crippen LogP contribution in [0.25, 0.3) is 0 Å². The Hall–Kier alpha value is -1.82. The van der Waals surface area contributed by atoms with E-state index in [1.165, 1.54) is 12.1 Å². The molecule has 6 nitrogen and oxygen atoms in total. The number of anilines is 1. The average molecular weight is 281 g/mol. The molecule has 0 saturated heterocycles. The fourth-order valence-corrected chi connectivity index (χ4v) is 2.04. The van der Waals surface area contributed by atoms with Crippen molar-refractivity contribution >= 4 is 11.4 Å². The standard InChI is InChI=1S/C14H23N3O3/c1-4-20-14-7-11(6-13(8-14)17(18)19)16-12(9-15)5-10(2)3/h6-8,10,12,16H,4-5,9,15H2,1-3H3. The Labute approximate surface area is 119 Å². The number of hydrogen-bond donors (Lipinski definition) is 2. The SMILES string of the molecule is CCOc1cc(NC(CN)CC(C)C)cc([N+](=O)[O-])c1. The first-order valence-electron chi connectivity index (χ1n) is 6.85. The molecular formula is C14H23N3O3. The van der Waals surface area contributed by atoms with Crippen LogP contribution in [0.2, 0.25) is 0 Å². The second kappa shape index (κ2) is 7.69. The van der Waals surface area contributed by atoms with Crippen LogP contribution in [0.1, 0.15) is 27.2 Å². The minimum absolute atomic E-state index is 0.0127. The molecule has 3 N–H and O–H groups in total. The summed E-state index contributed by atoms with van der Waals surface area (Å²) in [4.78, 5) is 10.5. The molecule has 0 amide bonds. The maximum Gasteiger partial charge on any atom is 0.275 e. The second-order valence-electron chi connectivity index (χ2n) is 5.11. The predicted molar refractivity (Wildman–Crippen MR) is 80.2 cm³/mol. The number of rotatable bonds is 8. The second-order valence-corrected chi connectivity index (χ2v) is 5.11. The van der Waals surface area contributed by atoms with Gasteiger partial charge in [0, 0.05) is 30.4 Å². The van der Waals surface area contributed by atoms with Crippen molar-refractivity contribution < 1.29 is 9.66 Å². The van der Waals surface area contributed by atoms with Gasteiger partial charge in [0.1, 0.15) is 5.75 Å². The van der Waals surface area contributed by atoms with Gasteiger partial charge in [-0.25, -0.2) is 0 Å². The molecule has 1 aromatic carbocycles. The fraction of sp³-hybridized carbons (Fsp3) is 0.571. The van der Waals surface area contributed by atoms with Gasteiger partial charge in [-0.2, -0.15) is 0 Å². The van der Waals surface area contributed by atoms with Gasteiger partial charge in [-0.05, 0) is 19.3 Å². The summed E-state index contributed by atoms with van der Waals surface area (Å²) >= 11 is 0. The molecule has 0 spiro atoms. The van der Waals surface area contributed by atoms with E-state index in [4.69, 9.17) is 10.5 Å². The number of nitro benzene ring substituents is 1. The number of nitro groups is 1. The van der Waals surface area contributed by atoms with Gasteiger partial charge in [-0.3, -0.25) is 10.1 Å². The van der Waals surface area contributed by atoms with E-state index in [9.17, 15) is 10.1 Å². The molecule has 1 unspecified atom stereocenters. The molecule has 0 saturated carbocycles. The van der Waals surface area contributed by atoms with Gasteiger partial charge in [-0.1, -0.05) is 13.8 Å². The summed E-state index contributed by atoms with van der Waals surface area (Å²) in [5, 5.41) is 14.2. The van der Waals surface area contributed by atoms with Crippen molar-refractivity contribution in [3.05, 3.63) is 28.3 Å². The first-order valence-corrected chi connectivity index (χ1v) is 6.85. The molecule has 0 aliphatic rings. The van der Waals surface area contributed by atoms with E-state index in [2.05, 4.69) is 19.2 Å². The van der Waals surface area contributed by atoms with E-state index in [1.54, 1.807) is 6.07 Å². The van der Waals surface area contributed by atoms with E-state index >= 15 is 0 Å². The highest BCUT2D eigenvalue weighted by Crippen LogP contribution is 2.27. The Morgan fingerprint density at radius 1 is 1.40 bits per heavy atom. The number of nitrogens with zero attached hydrogens (tertiary/aromatic N) is 1. The Morgan fingerprint density at radius 2 is 2.10 bits per heavy atom. The average Bonchev–Trinajstić information content (AvgIpc) is 2.37. The molecular weight excluding hydrogens is 258 g/mol. The molecule has 0 heterocycles. The summed E-state index contributed by atoms with van der Waals surface area (Å²) in [6.07, 6.45) is 0.906. The Kier molecular flexibility index (Phi) is 6.24. The fourth-order valence-electron chi connectivity index (χ4n) is 2.04. The van der Waals surface area contributed by atoms with E-state index in [0.717, 1.165) is 6.42 Å². The Morgan fingerprint density at radius 3 is 2.60 bits per heavy atom. The summed E-state index contributed by atoms with van der Waals surface area (Å²) in [5.74, 6) is 0.991. The zero-order valence-corrected chi connectivity index (χ0v) is 12.3. The van der Waals surface area contributed by atoms with Crippen LogP contribution in [0.4, 0.5) is 11.4 Å². The number of hydrogen-bond acceptors (Lipinski definition) is 5. The third-order valence-electron chi connectivity index (χ3n) is 2.82. The lowest BCUT2D eigenvalue weighted by molar-refractivity contribution is -0.384. The molecule has 0 fully saturated rings. The van der Waals surface area contributed by atoms with Crippen molar-refractivity contribution in [1.82, 2.24) is 0 Å². The maximum atomic E-state index is 10.9. The minimum Gasteiger partial charge on any atom is -0.494 e. The molecule has 6 heteroatoms. The predicted octanol–water partition coefficient (Wildman–Crippen LogP) is 2.78. The molecule has 0 aliphatic carbocycles. The summed E-state index contributed by atoms with van der Waals surface area (Å²) in [6, 6.07) is 4.78. The van der Waals surface area contributed by atoms with Crippen LogP contribution in [0.15, 0.2) is 18.2 Å². The molecule has 0 aromatic heterocycles. The first-order chi connectivity index (χ1) is 9.46. The van der Waals surface area contributed by atoms with Gasteiger partial charge in [0.15, 0.2) is 0 Å². The van der Waals surface area contributed by atoms with Crippen LogP contribution in [-0.4, -0.2) is 24.1 Å². The summed E-state index contributed by atoms with van der Waals surface area (Å²) < 4.78 is 5.36. The van der Waals surface area contributed by atoms with E-state index in [0.29, 0.717) is 30.5 Å². The van der Waals surface area contributed by atoms with Crippen LogP contribution in [0.3, 0.4) is 0 Å². The van der Waals surface area contributed by atoms with Crippen molar-refractivity contribution in [1.29, 1.82) is 0 Å². The van der Waals surface area contributed by atoms with E-state index in [-0.39, 0.29) is 11.7 Å². The highest BCUT2D eigenvalue weighted by molar-refractivity contribution is 5.56. The third-order valence-corrected chi connectivity index (χ3v) is 2.82. The van der Waals surface area contributed by atoms with Crippen LogP contribution < -0.4 is 15.8 Å². The highest BCUT2D eigenvalue weighted by atomic mass is 16.6. The summed E-state index contributed by atoms with van der Waals surface area (Å²) in [7, 11) is 0. The monoisotopic (exact) mass is 281 g/mol. The quantitative estimate of drug-likeness (QED) is 0.565. The van der Waals surface area contributed by atoms with Gasteiger partial charge in [-0.15, -0.1) is 0 Å². The lowest BCUT2D eigenvalue weighted by Gasteiger charge is -2.20. The van der Waals surface area contributed by atoms with Gasteiger partial charge < -0.3 is 15.8 Å². The van der Waals surface area contributed by atoms with Crippen molar-refractivity contribution in [3.63, 3.8) is 0 Å². The Balaban J connectivity index is 2.94. The summed E-state index contributed by atoms with van der Waals surface area (Å²) in [6.45, 7) is 7.01. The minimum atomic E-state index is -0.423. The lowest BCUT2D eigenvalue weighted by atomic mass is 10.0. The van der Waals surface area contributed by atoms with E-state index in [1.807, 2.05) is 6.92 Å². The van der Waals surface area contributed by atoms with Crippen LogP contribution in [0, 0.1) is 16.0 Å². The van der Waals surface area contributed by atoms with Crippen molar-refractivity contribution in [2.75, 3.05) is 18.5 Å². The van der Waals surface area contributed by atoms with Gasteiger partial charge in [0.2, 0.25) is 0 Å². The molecule has 1 atom stereocenters. The van der Waals surface area contributed by atoms with Gasteiger partial charge in [0.05, 0.1) is 17.6 Å². The molecule has 0 aliphatic heterocycles. The smallest absolute Gasteiger partial charge is 0.275 e. The third kappa shape index (κ3) is 5.05. The summed E-state index contributed by atoms with van der Waals surface area (Å²) in [5.41, 5.74) is 6.41. The molecule has 20 heavy (non-hydrogen) atoms. The molecule has 112 valence electrons. The maximum absolute atomic E-state index is 10.9. The van der Waals surface area contributed by atoms with E-state index < -0.39 is 4.92 Å². The van der Waals surface area contributed by atoms with Crippen molar-refractivity contribution in [2.45, 2.75) is 33.2 Å². The zero-order valence-electron chi connectivity index (χ0n) is 12.3. The van der Waals surface area contributed by atoms with Crippen LogP contribution in [-0.2, 0) is 0 Å². The number of non-ortho nitro benzene ring substituents is 1. The largest absolute Gasteiger partial charge is 0.494 e. The number of nitrogens with two attached hydrogens (primary N) is 1. The molecule has 0 radical (unpaired) electrons. The molecule has 1 rings (SSSR count). The molecule has 1 aromatic rings. The van der Waals surface area contributed by atoms with Crippen LogP contribution >= 0.6 is 0 Å². The zero-order chi connectivity index (χ0) is 15.1. The number of nitrogens with one attached hydrogen (secondary N) is 1. The van der Waals surface area contributed by atoms with Crippen molar-refractivity contribution in [2.24, 2.45) is 11.7 Å². The number of ether oxygens (including phenoxy) is 1.